The molecule has 0 atom stereocenters. The van der Waals surface area contributed by atoms with E-state index in [1.165, 1.54) is 10.9 Å². The highest BCUT2D eigenvalue weighted by molar-refractivity contribution is 5.84. The van der Waals surface area contributed by atoms with Crippen LogP contribution in [-0.4, -0.2) is 9.67 Å². The van der Waals surface area contributed by atoms with Gasteiger partial charge in [-0.3, -0.25) is 0 Å². The first-order valence-electron chi connectivity index (χ1n) is 7.43. The lowest BCUT2D eigenvalue weighted by molar-refractivity contribution is 0.307. The summed E-state index contributed by atoms with van der Waals surface area (Å²) in [7, 11) is 0. The van der Waals surface area contributed by atoms with Gasteiger partial charge in [0.05, 0.1) is 0 Å². The van der Waals surface area contributed by atoms with Gasteiger partial charge in [-0.05, 0) is 42.8 Å². The Labute approximate surface area is 129 Å². The van der Waals surface area contributed by atoms with Crippen LogP contribution in [0.3, 0.4) is 0 Å². The first-order valence-corrected chi connectivity index (χ1v) is 7.43. The molecule has 0 bridgehead atoms. The molecule has 0 radical (unpaired) electrons. The Balaban J connectivity index is 1.88. The molecule has 0 unspecified atom stereocenters. The fraction of sp³-hybridized carbons (Fsp3) is 0.222. The Bertz CT molecular complexity index is 776. The number of benzene rings is 2. The molecule has 4 nitrogen and oxygen atoms in total. The van der Waals surface area contributed by atoms with Crippen molar-refractivity contribution in [3.63, 3.8) is 0 Å². The molecule has 1 aromatic heterocycles. The second-order valence-electron chi connectivity index (χ2n) is 5.28. The van der Waals surface area contributed by atoms with Gasteiger partial charge in [0.2, 0.25) is 0 Å². The lowest BCUT2D eigenvalue weighted by Gasteiger charge is -2.05. The zero-order valence-corrected chi connectivity index (χ0v) is 12.6. The number of hydrogen-bond donors (Lipinski definition) is 2. The Hall–Kier alpha value is -2.46. The Kier molecular flexibility index (Phi) is 4.02. The summed E-state index contributed by atoms with van der Waals surface area (Å²) in [4.78, 5) is 0. The van der Waals surface area contributed by atoms with E-state index in [4.69, 9.17) is 10.5 Å². The van der Waals surface area contributed by atoms with Crippen LogP contribution in [0.4, 0.5) is 0 Å². The monoisotopic (exact) mass is 296 g/mol. The normalized spacial score (nSPS) is 11.0. The average molecular weight is 296 g/mol. The highest BCUT2D eigenvalue weighted by atomic mass is 16.5. The smallest absolute Gasteiger partial charge is 0.120 e. The maximum atomic E-state index is 9.30. The number of rotatable bonds is 5. The fourth-order valence-electron chi connectivity index (χ4n) is 2.62. The molecule has 114 valence electrons. The summed E-state index contributed by atoms with van der Waals surface area (Å²) in [6.45, 7) is 4.07. The number of nitrogens with zero attached hydrogens (tertiary/aromatic N) is 1. The Morgan fingerprint density at radius 1 is 1.14 bits per heavy atom. The van der Waals surface area contributed by atoms with Crippen LogP contribution in [0.5, 0.6) is 11.5 Å². The van der Waals surface area contributed by atoms with Crippen molar-refractivity contribution in [2.45, 2.75) is 26.6 Å². The predicted molar refractivity (Wildman–Crippen MR) is 87.9 cm³/mol. The van der Waals surface area contributed by atoms with E-state index >= 15 is 0 Å². The van der Waals surface area contributed by atoms with Crippen molar-refractivity contribution in [1.29, 1.82) is 0 Å². The topological polar surface area (TPSA) is 60.4 Å². The number of aromatic nitrogens is 1. The maximum absolute atomic E-state index is 9.30. The molecule has 0 spiro atoms. The van der Waals surface area contributed by atoms with E-state index in [0.717, 1.165) is 23.4 Å². The molecule has 4 heteroatoms. The third-order valence-electron chi connectivity index (χ3n) is 3.84. The lowest BCUT2D eigenvalue weighted by Crippen LogP contribution is -1.97. The van der Waals surface area contributed by atoms with Crippen molar-refractivity contribution in [3.8, 4) is 11.5 Å². The minimum atomic E-state index is 0.240. The SMILES string of the molecule is CCn1cc(COc2ccc(O)cc2)c2ccc(CN)cc21. The number of phenols is 1. The van der Waals surface area contributed by atoms with Gasteiger partial charge < -0.3 is 20.1 Å². The predicted octanol–water partition coefficient (Wildman–Crippen LogP) is 3.40. The van der Waals surface area contributed by atoms with Crippen molar-refractivity contribution in [2.24, 2.45) is 5.73 Å². The van der Waals surface area contributed by atoms with E-state index in [2.05, 4.69) is 35.9 Å². The van der Waals surface area contributed by atoms with Crippen molar-refractivity contribution in [1.82, 2.24) is 4.57 Å². The number of hydrogen-bond acceptors (Lipinski definition) is 3. The van der Waals surface area contributed by atoms with Crippen LogP contribution in [0.2, 0.25) is 0 Å². The Morgan fingerprint density at radius 2 is 1.91 bits per heavy atom. The highest BCUT2D eigenvalue weighted by Crippen LogP contribution is 2.25. The molecule has 3 aromatic rings. The summed E-state index contributed by atoms with van der Waals surface area (Å²) < 4.78 is 8.03. The van der Waals surface area contributed by atoms with Crippen LogP contribution in [0.1, 0.15) is 18.1 Å². The maximum Gasteiger partial charge on any atom is 0.120 e. The minimum Gasteiger partial charge on any atom is -0.508 e. The summed E-state index contributed by atoms with van der Waals surface area (Å²) in [5.41, 5.74) is 9.20. The van der Waals surface area contributed by atoms with Crippen LogP contribution in [-0.2, 0) is 19.7 Å². The average Bonchev–Trinajstić information content (AvgIpc) is 2.91. The van der Waals surface area contributed by atoms with Gasteiger partial charge in [0.25, 0.3) is 0 Å². The highest BCUT2D eigenvalue weighted by Gasteiger charge is 2.09. The lowest BCUT2D eigenvalue weighted by atomic mass is 10.1. The van der Waals surface area contributed by atoms with Gasteiger partial charge in [0, 0.05) is 35.8 Å². The largest absolute Gasteiger partial charge is 0.508 e. The summed E-state index contributed by atoms with van der Waals surface area (Å²) >= 11 is 0. The Morgan fingerprint density at radius 3 is 2.59 bits per heavy atom. The van der Waals surface area contributed by atoms with Crippen molar-refractivity contribution in [3.05, 3.63) is 59.8 Å². The van der Waals surface area contributed by atoms with E-state index < -0.39 is 0 Å². The summed E-state index contributed by atoms with van der Waals surface area (Å²) in [6.07, 6.45) is 2.13. The third-order valence-corrected chi connectivity index (χ3v) is 3.84. The van der Waals surface area contributed by atoms with Crippen LogP contribution in [0.15, 0.2) is 48.7 Å². The van der Waals surface area contributed by atoms with E-state index in [1.807, 2.05) is 0 Å². The number of nitrogens with two attached hydrogens (primary N) is 1. The zero-order chi connectivity index (χ0) is 15.5. The minimum absolute atomic E-state index is 0.240. The van der Waals surface area contributed by atoms with Gasteiger partial charge in [-0.1, -0.05) is 12.1 Å². The summed E-state index contributed by atoms with van der Waals surface area (Å²) in [6, 6.07) is 13.1. The molecule has 0 fully saturated rings. The van der Waals surface area contributed by atoms with E-state index in [1.54, 1.807) is 24.3 Å². The van der Waals surface area contributed by atoms with Gasteiger partial charge >= 0.3 is 0 Å². The standard InChI is InChI=1S/C18H20N2O2/c1-2-20-11-14(12-22-16-6-4-15(21)5-7-16)17-8-3-13(10-19)9-18(17)20/h3-9,11,21H,2,10,12,19H2,1H3. The van der Waals surface area contributed by atoms with Gasteiger partial charge in [0.15, 0.2) is 0 Å². The van der Waals surface area contributed by atoms with E-state index in [-0.39, 0.29) is 5.75 Å². The zero-order valence-electron chi connectivity index (χ0n) is 12.6. The molecule has 3 rings (SSSR count). The number of fused-ring (bicyclic) bond motifs is 1. The van der Waals surface area contributed by atoms with E-state index in [9.17, 15) is 5.11 Å². The molecule has 2 aromatic carbocycles. The molecule has 0 aliphatic rings. The van der Waals surface area contributed by atoms with Gasteiger partial charge in [-0.25, -0.2) is 0 Å². The van der Waals surface area contributed by atoms with Crippen molar-refractivity contribution in [2.75, 3.05) is 0 Å². The number of ether oxygens (including phenoxy) is 1. The van der Waals surface area contributed by atoms with Crippen molar-refractivity contribution < 1.29 is 9.84 Å². The molecular formula is C18H20N2O2. The molecule has 0 aliphatic carbocycles. The fourth-order valence-corrected chi connectivity index (χ4v) is 2.62. The van der Waals surface area contributed by atoms with Crippen LogP contribution < -0.4 is 10.5 Å². The van der Waals surface area contributed by atoms with Gasteiger partial charge in [-0.15, -0.1) is 0 Å². The molecule has 1 heterocycles. The van der Waals surface area contributed by atoms with E-state index in [0.29, 0.717) is 13.2 Å². The summed E-state index contributed by atoms with van der Waals surface area (Å²) in [5.74, 6) is 0.984. The number of aromatic hydroxyl groups is 1. The number of phenolic OH excluding ortho intramolecular Hbond substituents is 1. The van der Waals surface area contributed by atoms with Gasteiger partial charge in [0.1, 0.15) is 18.1 Å². The number of aryl methyl sites for hydroxylation is 1. The molecule has 3 N–H and O–H groups in total. The molecular weight excluding hydrogens is 276 g/mol. The van der Waals surface area contributed by atoms with Crippen LogP contribution >= 0.6 is 0 Å². The third kappa shape index (κ3) is 2.78. The molecule has 0 saturated heterocycles. The molecule has 0 amide bonds. The second kappa shape index (κ2) is 6.12. The van der Waals surface area contributed by atoms with Crippen LogP contribution in [0, 0.1) is 0 Å². The van der Waals surface area contributed by atoms with Crippen LogP contribution in [0.25, 0.3) is 10.9 Å². The quantitative estimate of drug-likeness (QED) is 0.758. The molecule has 0 aliphatic heterocycles. The molecule has 22 heavy (non-hydrogen) atoms. The van der Waals surface area contributed by atoms with Gasteiger partial charge in [-0.2, -0.15) is 0 Å². The first-order chi connectivity index (χ1) is 10.7. The first kappa shape index (κ1) is 14.5. The molecule has 0 saturated carbocycles. The van der Waals surface area contributed by atoms with Crippen molar-refractivity contribution >= 4 is 10.9 Å². The second-order valence-corrected chi connectivity index (χ2v) is 5.28. The summed E-state index contributed by atoms with van der Waals surface area (Å²) in [5, 5.41) is 10.5.